The third kappa shape index (κ3) is 5.18. The van der Waals surface area contributed by atoms with Crippen molar-refractivity contribution in [3.63, 3.8) is 0 Å². The minimum absolute atomic E-state index is 0.0318. The van der Waals surface area contributed by atoms with E-state index in [2.05, 4.69) is 20.4 Å². The molecule has 0 radical (unpaired) electrons. The molecule has 0 fully saturated rings. The first-order valence-electron chi connectivity index (χ1n) is 8.70. The Morgan fingerprint density at radius 3 is 2.83 bits per heavy atom. The van der Waals surface area contributed by atoms with E-state index in [-0.39, 0.29) is 23.9 Å². The Kier molecular flexibility index (Phi) is 6.28. The number of halogens is 3. The first-order chi connectivity index (χ1) is 13.8. The molecule has 11 heteroatoms. The van der Waals surface area contributed by atoms with E-state index < -0.39 is 17.6 Å². The van der Waals surface area contributed by atoms with Gasteiger partial charge in [0.25, 0.3) is 0 Å². The van der Waals surface area contributed by atoms with Crippen molar-refractivity contribution in [2.75, 3.05) is 11.9 Å². The molecule has 1 N–H and O–H groups in total. The molecule has 0 saturated carbocycles. The number of alkyl halides is 3. The van der Waals surface area contributed by atoms with Crippen LogP contribution in [0.4, 0.5) is 18.9 Å². The Morgan fingerprint density at radius 1 is 1.38 bits per heavy atom. The number of carbonyl (C=O) groups excluding carboxylic acids is 1. The largest absolute Gasteiger partial charge is 0.418 e. The molecule has 0 aliphatic heterocycles. The lowest BCUT2D eigenvalue weighted by atomic mass is 10.1. The molecule has 0 aliphatic rings. The summed E-state index contributed by atoms with van der Waals surface area (Å²) >= 11 is 1.37. The molecule has 0 spiro atoms. The number of nitrogens with one attached hydrogen (secondary N) is 1. The highest BCUT2D eigenvalue weighted by molar-refractivity contribution is 7.09. The lowest BCUT2D eigenvalue weighted by Crippen LogP contribution is -2.17. The summed E-state index contributed by atoms with van der Waals surface area (Å²) < 4.78 is 46.8. The van der Waals surface area contributed by atoms with Crippen molar-refractivity contribution < 1.29 is 22.7 Å². The highest BCUT2D eigenvalue weighted by Crippen LogP contribution is 2.35. The second-order valence-electron chi connectivity index (χ2n) is 6.07. The summed E-state index contributed by atoms with van der Waals surface area (Å²) in [5, 5.41) is 8.70. The molecule has 1 amide bonds. The van der Waals surface area contributed by atoms with Gasteiger partial charge >= 0.3 is 6.18 Å². The highest BCUT2D eigenvalue weighted by Gasteiger charge is 2.34. The van der Waals surface area contributed by atoms with Crippen molar-refractivity contribution >= 4 is 22.9 Å². The van der Waals surface area contributed by atoms with Crippen molar-refractivity contribution in [3.8, 4) is 5.69 Å². The number of benzene rings is 1. The van der Waals surface area contributed by atoms with Crippen LogP contribution in [-0.2, 0) is 22.1 Å². The second-order valence-corrected chi connectivity index (χ2v) is 6.96. The highest BCUT2D eigenvalue weighted by atomic mass is 32.1. The molecule has 154 valence electrons. The molecule has 29 heavy (non-hydrogen) atoms. The van der Waals surface area contributed by atoms with Crippen LogP contribution in [0.1, 0.15) is 36.2 Å². The van der Waals surface area contributed by atoms with Crippen LogP contribution in [0, 0.1) is 0 Å². The van der Waals surface area contributed by atoms with Gasteiger partial charge in [-0.15, -0.1) is 11.3 Å². The van der Waals surface area contributed by atoms with Crippen molar-refractivity contribution in [2.45, 2.75) is 32.5 Å². The van der Waals surface area contributed by atoms with E-state index in [1.54, 1.807) is 5.38 Å². The number of anilines is 1. The van der Waals surface area contributed by atoms with Gasteiger partial charge in [0, 0.05) is 17.7 Å². The van der Waals surface area contributed by atoms with Gasteiger partial charge in [0.2, 0.25) is 5.91 Å². The van der Waals surface area contributed by atoms with Gasteiger partial charge in [-0.3, -0.25) is 4.79 Å². The summed E-state index contributed by atoms with van der Waals surface area (Å²) in [4.78, 5) is 20.3. The molecule has 1 unspecified atom stereocenters. The third-order valence-electron chi connectivity index (χ3n) is 3.93. The van der Waals surface area contributed by atoms with Crippen LogP contribution >= 0.6 is 11.3 Å². The van der Waals surface area contributed by atoms with Gasteiger partial charge in [-0.2, -0.15) is 18.3 Å². The number of carbonyl (C=O) groups is 1. The summed E-state index contributed by atoms with van der Waals surface area (Å²) in [5.41, 5.74) is -0.544. The van der Waals surface area contributed by atoms with E-state index in [0.29, 0.717) is 12.3 Å². The maximum atomic E-state index is 13.5. The molecule has 1 atom stereocenters. The molecular formula is C18H18F3N5O2S. The molecular weight excluding hydrogens is 407 g/mol. The van der Waals surface area contributed by atoms with E-state index in [1.807, 2.05) is 13.8 Å². The van der Waals surface area contributed by atoms with Gasteiger partial charge in [-0.25, -0.2) is 14.6 Å². The summed E-state index contributed by atoms with van der Waals surface area (Å²) in [6, 6.07) is 3.49. The van der Waals surface area contributed by atoms with Crippen LogP contribution in [0.3, 0.4) is 0 Å². The zero-order chi connectivity index (χ0) is 21.0. The van der Waals surface area contributed by atoms with Crippen molar-refractivity contribution in [1.29, 1.82) is 0 Å². The van der Waals surface area contributed by atoms with Crippen LogP contribution in [0.15, 0.2) is 36.2 Å². The number of hydrogen-bond donors (Lipinski definition) is 1. The molecule has 3 rings (SSSR count). The van der Waals surface area contributed by atoms with Crippen molar-refractivity contribution in [3.05, 3.63) is 52.5 Å². The number of rotatable bonds is 7. The van der Waals surface area contributed by atoms with Gasteiger partial charge in [0.05, 0.1) is 23.4 Å². The minimum Gasteiger partial charge on any atom is -0.372 e. The summed E-state index contributed by atoms with van der Waals surface area (Å²) in [6.45, 7) is 4.28. The number of nitrogens with zero attached hydrogens (tertiary/aromatic N) is 4. The van der Waals surface area contributed by atoms with E-state index in [0.717, 1.165) is 22.1 Å². The molecule has 2 heterocycles. The Bertz CT molecular complexity index is 972. The predicted molar refractivity (Wildman–Crippen MR) is 101 cm³/mol. The van der Waals surface area contributed by atoms with Crippen LogP contribution in [0.2, 0.25) is 0 Å². The third-order valence-corrected chi connectivity index (χ3v) is 4.98. The number of aromatic nitrogens is 4. The average Bonchev–Trinajstić information content (AvgIpc) is 3.33. The Morgan fingerprint density at radius 2 is 2.17 bits per heavy atom. The summed E-state index contributed by atoms with van der Waals surface area (Å²) in [5.74, 6) is -0.465. The number of thiazole rings is 1. The molecule has 7 nitrogen and oxygen atoms in total. The summed E-state index contributed by atoms with van der Waals surface area (Å²) in [7, 11) is 0. The normalized spacial score (nSPS) is 12.7. The number of hydrogen-bond acceptors (Lipinski definition) is 6. The SMILES string of the molecule is CCOC(C)c1nc(CC(=O)Nc2ccc(-n3cncn3)c(C(F)(F)F)c2)cs1. The number of amides is 1. The molecule has 2 aromatic heterocycles. The zero-order valence-corrected chi connectivity index (χ0v) is 16.4. The van der Waals surface area contributed by atoms with E-state index in [9.17, 15) is 18.0 Å². The average molecular weight is 425 g/mol. The maximum Gasteiger partial charge on any atom is 0.418 e. The monoisotopic (exact) mass is 425 g/mol. The first kappa shape index (κ1) is 20.9. The first-order valence-corrected chi connectivity index (χ1v) is 9.58. The minimum atomic E-state index is -4.62. The fourth-order valence-electron chi connectivity index (χ4n) is 2.65. The Hall–Kier alpha value is -2.79. The zero-order valence-electron chi connectivity index (χ0n) is 15.6. The quantitative estimate of drug-likeness (QED) is 0.618. The van der Waals surface area contributed by atoms with Gasteiger partial charge in [-0.05, 0) is 32.0 Å². The molecule has 0 bridgehead atoms. The van der Waals surface area contributed by atoms with E-state index >= 15 is 0 Å². The molecule has 0 aliphatic carbocycles. The lowest BCUT2D eigenvalue weighted by Gasteiger charge is -2.14. The number of ether oxygens (including phenoxy) is 1. The van der Waals surface area contributed by atoms with Gasteiger partial charge in [0.15, 0.2) is 0 Å². The van der Waals surface area contributed by atoms with Crippen LogP contribution in [0.5, 0.6) is 0 Å². The second kappa shape index (κ2) is 8.70. The molecule has 1 aromatic carbocycles. The van der Waals surface area contributed by atoms with Gasteiger partial charge < -0.3 is 10.1 Å². The van der Waals surface area contributed by atoms with Crippen molar-refractivity contribution in [2.24, 2.45) is 0 Å². The van der Waals surface area contributed by atoms with Gasteiger partial charge in [-0.1, -0.05) is 0 Å². The summed E-state index contributed by atoms with van der Waals surface area (Å²) in [6.07, 6.45) is -2.54. The Labute approximate surface area is 168 Å². The smallest absolute Gasteiger partial charge is 0.372 e. The van der Waals surface area contributed by atoms with E-state index in [1.165, 1.54) is 29.8 Å². The van der Waals surface area contributed by atoms with E-state index in [4.69, 9.17) is 4.74 Å². The Balaban J connectivity index is 1.74. The van der Waals surface area contributed by atoms with Crippen LogP contribution in [-0.4, -0.2) is 32.3 Å². The fraction of sp³-hybridized carbons (Fsp3) is 0.333. The molecule has 3 aromatic rings. The molecule has 0 saturated heterocycles. The lowest BCUT2D eigenvalue weighted by molar-refractivity contribution is -0.137. The van der Waals surface area contributed by atoms with Crippen LogP contribution < -0.4 is 5.32 Å². The maximum absolute atomic E-state index is 13.5. The fourth-order valence-corrected chi connectivity index (χ4v) is 3.48. The van der Waals surface area contributed by atoms with Crippen molar-refractivity contribution in [1.82, 2.24) is 19.7 Å². The van der Waals surface area contributed by atoms with Gasteiger partial charge in [0.1, 0.15) is 23.8 Å². The standard InChI is InChI=1S/C18H18F3N5O2S/c1-3-28-11(2)17-25-13(8-29-17)7-16(27)24-12-4-5-15(26-10-22-9-23-26)14(6-12)18(19,20)21/h4-6,8-11H,3,7H2,1-2H3,(H,24,27). The topological polar surface area (TPSA) is 81.9 Å². The van der Waals surface area contributed by atoms with Crippen LogP contribution in [0.25, 0.3) is 5.69 Å². The predicted octanol–water partition coefficient (Wildman–Crippen LogP) is 4.02.